The largest absolute Gasteiger partial charge is 0.323 e. The van der Waals surface area contributed by atoms with Gasteiger partial charge >= 0.3 is 0 Å². The van der Waals surface area contributed by atoms with Gasteiger partial charge in [-0.2, -0.15) is 0 Å². The maximum Gasteiger partial charge on any atom is 0.265 e. The second-order valence-corrected chi connectivity index (χ2v) is 5.59. The van der Waals surface area contributed by atoms with Gasteiger partial charge in [0.05, 0.1) is 15.2 Å². The van der Waals surface area contributed by atoms with Crippen molar-refractivity contribution in [3.63, 3.8) is 0 Å². The molecule has 0 aliphatic heterocycles. The summed E-state index contributed by atoms with van der Waals surface area (Å²) in [7, 11) is 0. The molecule has 0 saturated carbocycles. The first-order valence-electron chi connectivity index (χ1n) is 5.88. The summed E-state index contributed by atoms with van der Waals surface area (Å²) >= 11 is 9.14. The molecule has 0 radical (unpaired) electrons. The Labute approximate surface area is 129 Å². The topological polar surface area (TPSA) is 51.1 Å². The highest BCUT2D eigenvalue weighted by Crippen LogP contribution is 2.20. The Morgan fingerprint density at radius 1 is 1.40 bits per heavy atom. The molecular formula is C14H12BrClN2O2. The lowest BCUT2D eigenvalue weighted by atomic mass is 10.3. The lowest BCUT2D eigenvalue weighted by Crippen LogP contribution is -2.28. The average Bonchev–Trinajstić information content (AvgIpc) is 2.38. The maximum atomic E-state index is 12.0. The van der Waals surface area contributed by atoms with Crippen molar-refractivity contribution in [3.05, 3.63) is 61.9 Å². The first-order valence-corrected chi connectivity index (χ1v) is 7.05. The third kappa shape index (κ3) is 3.49. The molecule has 0 unspecified atom stereocenters. The molecule has 1 N–H and O–H groups in total. The van der Waals surface area contributed by atoms with Crippen LogP contribution in [0.2, 0.25) is 5.02 Å². The number of carbonyl (C=O) groups is 1. The monoisotopic (exact) mass is 354 g/mol. The van der Waals surface area contributed by atoms with E-state index in [1.54, 1.807) is 36.5 Å². The van der Waals surface area contributed by atoms with Crippen molar-refractivity contribution in [3.8, 4) is 0 Å². The number of hydrogen-bond donors (Lipinski definition) is 1. The Kier molecular flexibility index (Phi) is 4.62. The van der Waals surface area contributed by atoms with Crippen molar-refractivity contribution < 1.29 is 4.79 Å². The number of carbonyl (C=O) groups excluding carboxylic acids is 1. The number of para-hydroxylation sites is 1. The van der Waals surface area contributed by atoms with E-state index in [-0.39, 0.29) is 18.0 Å². The van der Waals surface area contributed by atoms with Crippen molar-refractivity contribution in [2.45, 2.75) is 13.5 Å². The molecule has 1 aromatic heterocycles. The van der Waals surface area contributed by atoms with E-state index in [0.29, 0.717) is 15.2 Å². The SMILES string of the molecule is Cc1cc(Br)c(=O)n(CC(=O)Nc2ccccc2Cl)c1. The standard InChI is InChI=1S/C14H12BrClN2O2/c1-9-6-10(15)14(20)18(7-9)8-13(19)17-12-5-3-2-4-11(12)16/h2-7H,8H2,1H3,(H,17,19). The van der Waals surface area contributed by atoms with Gasteiger partial charge in [-0.05, 0) is 46.6 Å². The third-order valence-corrected chi connectivity index (χ3v) is 3.54. The van der Waals surface area contributed by atoms with Crippen LogP contribution in [0.15, 0.2) is 45.8 Å². The lowest BCUT2D eigenvalue weighted by molar-refractivity contribution is -0.116. The van der Waals surface area contributed by atoms with Crippen molar-refractivity contribution in [2.24, 2.45) is 0 Å². The van der Waals surface area contributed by atoms with Crippen LogP contribution in [-0.2, 0) is 11.3 Å². The predicted molar refractivity (Wildman–Crippen MR) is 83.2 cm³/mol. The van der Waals surface area contributed by atoms with Crippen molar-refractivity contribution in [1.29, 1.82) is 0 Å². The molecule has 0 saturated heterocycles. The molecule has 20 heavy (non-hydrogen) atoms. The molecule has 4 nitrogen and oxygen atoms in total. The number of nitrogens with one attached hydrogen (secondary N) is 1. The fourth-order valence-electron chi connectivity index (χ4n) is 1.76. The molecule has 0 atom stereocenters. The predicted octanol–water partition coefficient (Wildman–Crippen LogP) is 3.21. The van der Waals surface area contributed by atoms with Gasteiger partial charge < -0.3 is 9.88 Å². The minimum absolute atomic E-state index is 0.0651. The Bertz CT molecular complexity index is 713. The summed E-state index contributed by atoms with van der Waals surface area (Å²) < 4.78 is 1.79. The summed E-state index contributed by atoms with van der Waals surface area (Å²) in [6.07, 6.45) is 1.64. The highest BCUT2D eigenvalue weighted by atomic mass is 79.9. The van der Waals surface area contributed by atoms with Gasteiger partial charge in [-0.3, -0.25) is 9.59 Å². The van der Waals surface area contributed by atoms with Crippen LogP contribution in [0.1, 0.15) is 5.56 Å². The van der Waals surface area contributed by atoms with Gasteiger partial charge in [0.1, 0.15) is 6.54 Å². The van der Waals surface area contributed by atoms with Crippen LogP contribution >= 0.6 is 27.5 Å². The van der Waals surface area contributed by atoms with Gasteiger partial charge in [-0.15, -0.1) is 0 Å². The number of aromatic nitrogens is 1. The molecule has 1 heterocycles. The number of anilines is 1. The van der Waals surface area contributed by atoms with Gasteiger partial charge in [0.2, 0.25) is 5.91 Å². The molecule has 1 amide bonds. The zero-order valence-corrected chi connectivity index (χ0v) is 13.0. The second kappa shape index (κ2) is 6.24. The molecule has 0 spiro atoms. The Morgan fingerprint density at radius 2 is 2.10 bits per heavy atom. The molecule has 0 aliphatic rings. The van der Waals surface area contributed by atoms with Crippen LogP contribution in [0.25, 0.3) is 0 Å². The molecule has 0 fully saturated rings. The highest BCUT2D eigenvalue weighted by Gasteiger charge is 2.09. The van der Waals surface area contributed by atoms with Crippen LogP contribution in [-0.4, -0.2) is 10.5 Å². The molecule has 0 aliphatic carbocycles. The van der Waals surface area contributed by atoms with E-state index in [1.807, 2.05) is 6.92 Å². The normalized spacial score (nSPS) is 10.3. The summed E-state index contributed by atoms with van der Waals surface area (Å²) in [5.41, 5.74) is 1.17. The zero-order chi connectivity index (χ0) is 14.7. The third-order valence-electron chi connectivity index (χ3n) is 2.64. The number of amides is 1. The average molecular weight is 356 g/mol. The second-order valence-electron chi connectivity index (χ2n) is 4.33. The van der Waals surface area contributed by atoms with Crippen LogP contribution in [0.5, 0.6) is 0 Å². The summed E-state index contributed by atoms with van der Waals surface area (Å²) in [5, 5.41) is 3.14. The van der Waals surface area contributed by atoms with Crippen LogP contribution < -0.4 is 10.9 Å². The molecule has 104 valence electrons. The fourth-order valence-corrected chi connectivity index (χ4v) is 2.54. The van der Waals surface area contributed by atoms with Gasteiger partial charge in [-0.25, -0.2) is 0 Å². The maximum absolute atomic E-state index is 12.0. The molecule has 0 bridgehead atoms. The van der Waals surface area contributed by atoms with E-state index < -0.39 is 0 Å². The number of hydrogen-bond acceptors (Lipinski definition) is 2. The summed E-state index contributed by atoms with van der Waals surface area (Å²) in [5.74, 6) is -0.308. The smallest absolute Gasteiger partial charge is 0.265 e. The summed E-state index contributed by atoms with van der Waals surface area (Å²) in [6.45, 7) is 1.79. The quantitative estimate of drug-likeness (QED) is 0.919. The number of halogens is 2. The Morgan fingerprint density at radius 3 is 2.80 bits per heavy atom. The van der Waals surface area contributed by atoms with E-state index in [9.17, 15) is 9.59 Å². The first-order chi connectivity index (χ1) is 9.47. The van der Waals surface area contributed by atoms with Crippen molar-refractivity contribution >= 4 is 39.1 Å². The minimum Gasteiger partial charge on any atom is -0.323 e. The first kappa shape index (κ1) is 14.8. The molecular weight excluding hydrogens is 344 g/mol. The number of aryl methyl sites for hydroxylation is 1. The van der Waals surface area contributed by atoms with Crippen LogP contribution in [0.3, 0.4) is 0 Å². The van der Waals surface area contributed by atoms with E-state index >= 15 is 0 Å². The molecule has 6 heteroatoms. The lowest BCUT2D eigenvalue weighted by Gasteiger charge is -2.09. The Balaban J connectivity index is 2.17. The molecule has 2 rings (SSSR count). The van der Waals surface area contributed by atoms with E-state index in [4.69, 9.17) is 11.6 Å². The van der Waals surface area contributed by atoms with Gasteiger partial charge in [-0.1, -0.05) is 23.7 Å². The molecule has 2 aromatic rings. The number of benzene rings is 1. The minimum atomic E-state index is -0.308. The van der Waals surface area contributed by atoms with E-state index in [0.717, 1.165) is 5.56 Å². The fraction of sp³-hybridized carbons (Fsp3) is 0.143. The van der Waals surface area contributed by atoms with Gasteiger partial charge in [0, 0.05) is 6.20 Å². The number of rotatable bonds is 3. The summed E-state index contributed by atoms with van der Waals surface area (Å²) in [4.78, 5) is 23.8. The van der Waals surface area contributed by atoms with E-state index in [2.05, 4.69) is 21.2 Å². The number of nitrogens with zero attached hydrogens (tertiary/aromatic N) is 1. The highest BCUT2D eigenvalue weighted by molar-refractivity contribution is 9.10. The van der Waals surface area contributed by atoms with Crippen LogP contribution in [0, 0.1) is 6.92 Å². The van der Waals surface area contributed by atoms with Crippen molar-refractivity contribution in [1.82, 2.24) is 4.57 Å². The van der Waals surface area contributed by atoms with E-state index in [1.165, 1.54) is 4.57 Å². The van der Waals surface area contributed by atoms with Gasteiger partial charge in [0.25, 0.3) is 5.56 Å². The molecule has 1 aromatic carbocycles. The summed E-state index contributed by atoms with van der Waals surface area (Å²) in [6, 6.07) is 8.66. The zero-order valence-electron chi connectivity index (χ0n) is 10.7. The number of pyridine rings is 1. The Hall–Kier alpha value is -1.59. The van der Waals surface area contributed by atoms with Gasteiger partial charge in [0.15, 0.2) is 0 Å². The van der Waals surface area contributed by atoms with Crippen molar-refractivity contribution in [2.75, 3.05) is 5.32 Å². The van der Waals surface area contributed by atoms with Crippen LogP contribution in [0.4, 0.5) is 5.69 Å².